The van der Waals surface area contributed by atoms with Crippen molar-refractivity contribution in [1.29, 1.82) is 0 Å². The highest BCUT2D eigenvalue weighted by Gasteiger charge is 2.38. The molecule has 0 spiro atoms. The minimum atomic E-state index is 0.376. The molecular weight excluding hydrogens is 308 g/mol. The van der Waals surface area contributed by atoms with Crippen LogP contribution in [-0.4, -0.2) is 84.8 Å². The van der Waals surface area contributed by atoms with Crippen molar-refractivity contribution in [2.45, 2.75) is 74.6 Å². The van der Waals surface area contributed by atoms with Crippen molar-refractivity contribution in [3.63, 3.8) is 0 Å². The van der Waals surface area contributed by atoms with Crippen molar-refractivity contribution >= 4 is 0 Å². The summed E-state index contributed by atoms with van der Waals surface area (Å²) >= 11 is 0. The molecule has 2 fully saturated rings. The van der Waals surface area contributed by atoms with Gasteiger partial charge in [-0.1, -0.05) is 62.3 Å². The van der Waals surface area contributed by atoms with Crippen molar-refractivity contribution in [3.8, 4) is 0 Å². The van der Waals surface area contributed by atoms with Gasteiger partial charge in [-0.25, -0.2) is 0 Å². The average Bonchev–Trinajstić information content (AvgIpc) is 3.09. The van der Waals surface area contributed by atoms with Crippen molar-refractivity contribution in [1.82, 2.24) is 19.6 Å². The van der Waals surface area contributed by atoms with Crippen LogP contribution < -0.4 is 0 Å². The van der Waals surface area contributed by atoms with E-state index in [1.54, 1.807) is 0 Å². The molecule has 2 aliphatic heterocycles. The van der Waals surface area contributed by atoms with Gasteiger partial charge in [0.05, 0.1) is 12.3 Å². The van der Waals surface area contributed by atoms with E-state index >= 15 is 0 Å². The summed E-state index contributed by atoms with van der Waals surface area (Å²) in [6, 6.07) is 0. The predicted molar refractivity (Wildman–Crippen MR) is 111 cm³/mol. The third-order valence-electron chi connectivity index (χ3n) is 5.64. The van der Waals surface area contributed by atoms with Gasteiger partial charge in [0.1, 0.15) is 0 Å². The van der Waals surface area contributed by atoms with Gasteiger partial charge >= 0.3 is 0 Å². The SMILES string of the molecule is CCN1CCN(C)C1C(C)(C)C.CCN1CCN(CC)C1C(C)(C)C. The summed E-state index contributed by atoms with van der Waals surface area (Å²) in [6.45, 7) is 29.2. The maximum atomic E-state index is 2.59. The molecule has 0 amide bonds. The van der Waals surface area contributed by atoms with E-state index in [0.29, 0.717) is 23.2 Å². The highest BCUT2D eigenvalue weighted by Crippen LogP contribution is 2.31. The Hall–Kier alpha value is -0.160. The summed E-state index contributed by atoms with van der Waals surface area (Å²) < 4.78 is 0. The molecule has 0 radical (unpaired) electrons. The van der Waals surface area contributed by atoms with Crippen LogP contribution in [-0.2, 0) is 0 Å². The molecule has 2 heterocycles. The minimum Gasteiger partial charge on any atom is -0.289 e. The zero-order valence-electron chi connectivity index (χ0n) is 18.9. The second-order valence-corrected chi connectivity index (χ2v) is 9.85. The zero-order chi connectivity index (χ0) is 19.4. The van der Waals surface area contributed by atoms with Crippen LogP contribution in [0.2, 0.25) is 0 Å². The zero-order valence-corrected chi connectivity index (χ0v) is 18.9. The molecule has 1 unspecified atom stereocenters. The average molecular weight is 355 g/mol. The Kier molecular flexibility index (Phi) is 8.39. The maximum Gasteiger partial charge on any atom is 0.0673 e. The lowest BCUT2D eigenvalue weighted by atomic mass is 9.91. The Morgan fingerprint density at radius 3 is 1.20 bits per heavy atom. The van der Waals surface area contributed by atoms with E-state index < -0.39 is 0 Å². The monoisotopic (exact) mass is 354 g/mol. The second kappa shape index (κ2) is 9.16. The fourth-order valence-electron chi connectivity index (χ4n) is 4.84. The van der Waals surface area contributed by atoms with Gasteiger partial charge in [0.15, 0.2) is 0 Å². The summed E-state index contributed by atoms with van der Waals surface area (Å²) in [6.07, 6.45) is 1.27. The lowest BCUT2D eigenvalue weighted by Gasteiger charge is -2.39. The van der Waals surface area contributed by atoms with Gasteiger partial charge in [-0.05, 0) is 37.5 Å². The van der Waals surface area contributed by atoms with E-state index in [1.165, 1.54) is 45.8 Å². The first-order valence-corrected chi connectivity index (χ1v) is 10.4. The van der Waals surface area contributed by atoms with Crippen LogP contribution in [0.15, 0.2) is 0 Å². The molecule has 2 rings (SSSR count). The molecule has 2 aliphatic rings. The van der Waals surface area contributed by atoms with Gasteiger partial charge < -0.3 is 0 Å². The van der Waals surface area contributed by atoms with Crippen molar-refractivity contribution in [2.24, 2.45) is 10.8 Å². The first-order valence-electron chi connectivity index (χ1n) is 10.4. The van der Waals surface area contributed by atoms with Crippen LogP contribution in [0, 0.1) is 10.8 Å². The summed E-state index contributed by atoms with van der Waals surface area (Å²) in [7, 11) is 2.23. The Morgan fingerprint density at radius 1 is 0.600 bits per heavy atom. The molecule has 0 aliphatic carbocycles. The van der Waals surface area contributed by atoms with Crippen LogP contribution in [0.5, 0.6) is 0 Å². The summed E-state index contributed by atoms with van der Waals surface area (Å²) in [5.41, 5.74) is 0.754. The van der Waals surface area contributed by atoms with Crippen molar-refractivity contribution in [3.05, 3.63) is 0 Å². The number of rotatable bonds is 3. The van der Waals surface area contributed by atoms with Crippen LogP contribution in [0.1, 0.15) is 62.3 Å². The predicted octanol–water partition coefficient (Wildman–Crippen LogP) is 3.64. The fourth-order valence-corrected chi connectivity index (χ4v) is 4.84. The number of nitrogens with zero attached hydrogens (tertiary/aromatic N) is 4. The fraction of sp³-hybridized carbons (Fsp3) is 1.00. The smallest absolute Gasteiger partial charge is 0.0673 e. The van der Waals surface area contributed by atoms with Gasteiger partial charge in [0.25, 0.3) is 0 Å². The summed E-state index contributed by atoms with van der Waals surface area (Å²) in [5.74, 6) is 0. The van der Waals surface area contributed by atoms with Gasteiger partial charge in [0, 0.05) is 26.2 Å². The van der Waals surface area contributed by atoms with E-state index in [4.69, 9.17) is 0 Å². The standard InChI is InChI=1S/C11H24N2.C10H22N2/c1-6-12-8-9-13(7-2)10(12)11(3,4)5;1-6-12-8-7-11(5)9(12)10(2,3)4/h10H,6-9H2,1-5H3;9H,6-8H2,1-5H3. The number of hydrogen-bond acceptors (Lipinski definition) is 4. The second-order valence-electron chi connectivity index (χ2n) is 9.85. The van der Waals surface area contributed by atoms with Crippen LogP contribution in [0.3, 0.4) is 0 Å². The van der Waals surface area contributed by atoms with E-state index in [9.17, 15) is 0 Å². The normalized spacial score (nSPS) is 25.4. The molecule has 2 saturated heterocycles. The minimum absolute atomic E-state index is 0.376. The third kappa shape index (κ3) is 5.92. The van der Waals surface area contributed by atoms with Crippen LogP contribution in [0.25, 0.3) is 0 Å². The van der Waals surface area contributed by atoms with E-state index in [-0.39, 0.29) is 0 Å². The van der Waals surface area contributed by atoms with E-state index in [1.807, 2.05) is 0 Å². The molecule has 0 N–H and O–H groups in total. The molecule has 0 aromatic rings. The first-order chi connectivity index (χ1) is 11.5. The molecule has 150 valence electrons. The van der Waals surface area contributed by atoms with Crippen LogP contribution >= 0.6 is 0 Å². The maximum absolute atomic E-state index is 2.59. The molecule has 1 atom stereocenters. The summed E-state index contributed by atoms with van der Waals surface area (Å²) in [4.78, 5) is 10.2. The van der Waals surface area contributed by atoms with Crippen LogP contribution in [0.4, 0.5) is 0 Å². The highest BCUT2D eigenvalue weighted by atomic mass is 15.4. The topological polar surface area (TPSA) is 13.0 Å². The Labute approximate surface area is 158 Å². The first kappa shape index (κ1) is 22.9. The van der Waals surface area contributed by atoms with Gasteiger partial charge in [0.2, 0.25) is 0 Å². The Bertz CT molecular complexity index is 370. The molecule has 0 bridgehead atoms. The number of hydrogen-bond donors (Lipinski definition) is 0. The molecular formula is C21H46N4. The molecule has 0 aromatic carbocycles. The molecule has 0 saturated carbocycles. The quantitative estimate of drug-likeness (QED) is 0.767. The van der Waals surface area contributed by atoms with Gasteiger partial charge in [-0.15, -0.1) is 0 Å². The Balaban J connectivity index is 0.000000251. The molecule has 4 nitrogen and oxygen atoms in total. The van der Waals surface area contributed by atoms with Gasteiger partial charge in [-0.3, -0.25) is 19.6 Å². The Morgan fingerprint density at radius 2 is 0.920 bits per heavy atom. The largest absolute Gasteiger partial charge is 0.289 e. The lowest BCUT2D eigenvalue weighted by Crippen LogP contribution is -2.47. The van der Waals surface area contributed by atoms with Crippen molar-refractivity contribution < 1.29 is 0 Å². The highest BCUT2D eigenvalue weighted by molar-refractivity contribution is 4.89. The van der Waals surface area contributed by atoms with Crippen molar-refractivity contribution in [2.75, 3.05) is 52.9 Å². The number of likely N-dealkylation sites (N-methyl/N-ethyl adjacent to an activating group) is 4. The summed E-state index contributed by atoms with van der Waals surface area (Å²) in [5, 5.41) is 0. The van der Waals surface area contributed by atoms with Gasteiger partial charge in [-0.2, -0.15) is 0 Å². The third-order valence-corrected chi connectivity index (χ3v) is 5.64. The molecule has 0 aromatic heterocycles. The van der Waals surface area contributed by atoms with E-state index in [0.717, 1.165) is 0 Å². The molecule has 4 heteroatoms. The van der Waals surface area contributed by atoms with E-state index in [2.05, 4.69) is 89.0 Å². The lowest BCUT2D eigenvalue weighted by molar-refractivity contribution is 0.0449. The molecule has 25 heavy (non-hydrogen) atoms.